The van der Waals surface area contributed by atoms with E-state index < -0.39 is 35.5 Å². The largest absolute Gasteiger partial charge is 0.494 e. The zero-order valence-electron chi connectivity index (χ0n) is 18.1. The summed E-state index contributed by atoms with van der Waals surface area (Å²) in [5.41, 5.74) is 1.08. The van der Waals surface area contributed by atoms with Crippen LogP contribution in [0, 0.1) is 23.3 Å². The molecule has 172 valence electrons. The molecular formula is C26H22F4O3. The Labute approximate surface area is 189 Å². The van der Waals surface area contributed by atoms with Crippen LogP contribution in [0.4, 0.5) is 17.6 Å². The molecule has 0 radical (unpaired) electrons. The summed E-state index contributed by atoms with van der Waals surface area (Å²) in [6, 6.07) is 11.9. The second-order valence-electron chi connectivity index (χ2n) is 7.61. The fourth-order valence-corrected chi connectivity index (χ4v) is 3.81. The van der Waals surface area contributed by atoms with Gasteiger partial charge in [0.2, 0.25) is 5.82 Å². The molecule has 3 aromatic rings. The van der Waals surface area contributed by atoms with E-state index in [2.05, 4.69) is 0 Å². The van der Waals surface area contributed by atoms with E-state index in [-0.39, 0.29) is 35.7 Å². The zero-order chi connectivity index (χ0) is 23.5. The predicted molar refractivity (Wildman–Crippen MR) is 117 cm³/mol. The van der Waals surface area contributed by atoms with Gasteiger partial charge in [-0.15, -0.1) is 0 Å². The molecule has 0 N–H and O–H groups in total. The Hall–Kier alpha value is -3.16. The molecule has 4 rings (SSSR count). The Morgan fingerprint density at radius 3 is 1.85 bits per heavy atom. The van der Waals surface area contributed by atoms with Gasteiger partial charge in [0.15, 0.2) is 29.5 Å². The molecule has 1 aliphatic rings. The molecule has 0 unspecified atom stereocenters. The molecule has 7 heteroatoms. The van der Waals surface area contributed by atoms with E-state index in [1.807, 2.05) is 6.92 Å². The second kappa shape index (κ2) is 9.77. The molecular weight excluding hydrogens is 436 g/mol. The molecule has 1 heterocycles. The highest BCUT2D eigenvalue weighted by molar-refractivity contribution is 5.71. The van der Waals surface area contributed by atoms with Crippen molar-refractivity contribution in [1.29, 1.82) is 0 Å². The van der Waals surface area contributed by atoms with Crippen molar-refractivity contribution in [2.24, 2.45) is 0 Å². The lowest BCUT2D eigenvalue weighted by Crippen LogP contribution is -2.30. The van der Waals surface area contributed by atoms with Crippen LogP contribution in [-0.4, -0.2) is 26.6 Å². The summed E-state index contributed by atoms with van der Waals surface area (Å²) in [5, 5.41) is 0. The van der Waals surface area contributed by atoms with Gasteiger partial charge in [0.1, 0.15) is 0 Å². The molecule has 0 spiro atoms. The van der Waals surface area contributed by atoms with E-state index in [0.717, 1.165) is 0 Å². The average Bonchev–Trinajstić information content (AvgIpc) is 2.84. The third-order valence-electron chi connectivity index (χ3n) is 5.60. The highest BCUT2D eigenvalue weighted by Gasteiger charge is 2.26. The highest BCUT2D eigenvalue weighted by Crippen LogP contribution is 2.34. The van der Waals surface area contributed by atoms with Crippen LogP contribution in [0.25, 0.3) is 22.3 Å². The van der Waals surface area contributed by atoms with Gasteiger partial charge >= 0.3 is 0 Å². The van der Waals surface area contributed by atoms with Gasteiger partial charge in [-0.25, -0.2) is 13.2 Å². The maximum Gasteiger partial charge on any atom is 0.201 e. The Kier molecular flexibility index (Phi) is 6.81. The molecule has 3 aromatic carbocycles. The minimum atomic E-state index is -1.09. The van der Waals surface area contributed by atoms with Crippen LogP contribution in [-0.2, 0) is 9.47 Å². The Morgan fingerprint density at radius 1 is 0.758 bits per heavy atom. The quantitative estimate of drug-likeness (QED) is 0.318. The van der Waals surface area contributed by atoms with Crippen molar-refractivity contribution in [3.8, 4) is 28.0 Å². The second-order valence-corrected chi connectivity index (χ2v) is 7.61. The summed E-state index contributed by atoms with van der Waals surface area (Å²) in [7, 11) is 1.25. The first-order valence-corrected chi connectivity index (χ1v) is 10.4. The normalized spacial score (nSPS) is 18.6. The molecule has 0 atom stereocenters. The van der Waals surface area contributed by atoms with E-state index in [1.54, 1.807) is 12.2 Å². The number of methoxy groups -OCH3 is 1. The van der Waals surface area contributed by atoms with E-state index >= 15 is 0 Å². The summed E-state index contributed by atoms with van der Waals surface area (Å²) in [6.07, 6.45) is 3.05. The third-order valence-corrected chi connectivity index (χ3v) is 5.60. The van der Waals surface area contributed by atoms with Crippen molar-refractivity contribution in [2.45, 2.75) is 19.1 Å². The van der Waals surface area contributed by atoms with Gasteiger partial charge in [0.05, 0.1) is 20.3 Å². The first kappa shape index (κ1) is 23.0. The van der Waals surface area contributed by atoms with Gasteiger partial charge in [0.25, 0.3) is 0 Å². The van der Waals surface area contributed by atoms with Gasteiger partial charge in [-0.3, -0.25) is 0 Å². The molecule has 1 fully saturated rings. The standard InChI is InChI=1S/C26H22F4O3/c1-3-4-22-32-13-17(14-33-22)20-10-9-18(23(27)24(20)28)15-5-7-16(8-6-15)19-11-12-21(31-2)26(30)25(19)29/h3-12,17,22H,13-14H2,1-2H3. The SMILES string of the molecule is CC=CC1OCC(c2ccc(-c3ccc(-c4ccc(OC)c(F)c4F)cc3)c(F)c2F)CO1. The summed E-state index contributed by atoms with van der Waals surface area (Å²) >= 11 is 0. The fourth-order valence-electron chi connectivity index (χ4n) is 3.81. The van der Waals surface area contributed by atoms with Gasteiger partial charge < -0.3 is 14.2 Å². The van der Waals surface area contributed by atoms with Gasteiger partial charge in [0, 0.05) is 17.0 Å². The molecule has 1 saturated heterocycles. The van der Waals surface area contributed by atoms with Crippen LogP contribution in [0.2, 0.25) is 0 Å². The predicted octanol–water partition coefficient (Wildman–Crippen LogP) is 6.62. The number of ether oxygens (including phenoxy) is 3. The number of halogens is 4. The summed E-state index contributed by atoms with van der Waals surface area (Å²) in [4.78, 5) is 0. The topological polar surface area (TPSA) is 27.7 Å². The number of benzene rings is 3. The van der Waals surface area contributed by atoms with Crippen molar-refractivity contribution in [1.82, 2.24) is 0 Å². The first-order valence-electron chi connectivity index (χ1n) is 10.4. The van der Waals surface area contributed by atoms with E-state index in [4.69, 9.17) is 14.2 Å². The molecule has 3 nitrogen and oxygen atoms in total. The van der Waals surface area contributed by atoms with Gasteiger partial charge in [-0.05, 0) is 41.8 Å². The van der Waals surface area contributed by atoms with Crippen LogP contribution in [0.5, 0.6) is 5.75 Å². The minimum absolute atomic E-state index is 0.0374. The van der Waals surface area contributed by atoms with E-state index in [0.29, 0.717) is 11.1 Å². The fraction of sp³-hybridized carbons (Fsp3) is 0.231. The first-order chi connectivity index (χ1) is 15.9. The van der Waals surface area contributed by atoms with Crippen molar-refractivity contribution in [2.75, 3.05) is 20.3 Å². The monoisotopic (exact) mass is 458 g/mol. The van der Waals surface area contributed by atoms with E-state index in [9.17, 15) is 17.6 Å². The van der Waals surface area contributed by atoms with Crippen molar-refractivity contribution >= 4 is 0 Å². The number of rotatable bonds is 5. The van der Waals surface area contributed by atoms with Crippen LogP contribution in [0.3, 0.4) is 0 Å². The van der Waals surface area contributed by atoms with Crippen LogP contribution >= 0.6 is 0 Å². The summed E-state index contributed by atoms with van der Waals surface area (Å²) in [5.74, 6) is -4.70. The summed E-state index contributed by atoms with van der Waals surface area (Å²) in [6.45, 7) is 2.26. The van der Waals surface area contributed by atoms with Crippen molar-refractivity contribution in [3.63, 3.8) is 0 Å². The number of hydrogen-bond acceptors (Lipinski definition) is 3. The van der Waals surface area contributed by atoms with Crippen molar-refractivity contribution in [3.05, 3.63) is 89.5 Å². The molecule has 0 aliphatic carbocycles. The van der Waals surface area contributed by atoms with Crippen LogP contribution < -0.4 is 4.74 Å². The number of allylic oxidation sites excluding steroid dienone is 1. The Bertz CT molecular complexity index is 1170. The van der Waals surface area contributed by atoms with Gasteiger partial charge in [-0.1, -0.05) is 42.5 Å². The zero-order valence-corrected chi connectivity index (χ0v) is 18.1. The Balaban J connectivity index is 1.58. The van der Waals surface area contributed by atoms with Crippen molar-refractivity contribution < 1.29 is 31.8 Å². The van der Waals surface area contributed by atoms with Crippen LogP contribution in [0.1, 0.15) is 18.4 Å². The average molecular weight is 458 g/mol. The minimum Gasteiger partial charge on any atom is -0.494 e. The molecule has 33 heavy (non-hydrogen) atoms. The smallest absolute Gasteiger partial charge is 0.201 e. The molecule has 0 amide bonds. The number of hydrogen-bond donors (Lipinski definition) is 0. The van der Waals surface area contributed by atoms with Gasteiger partial charge in [-0.2, -0.15) is 4.39 Å². The summed E-state index contributed by atoms with van der Waals surface area (Å²) < 4.78 is 74.0. The molecule has 1 aliphatic heterocycles. The highest BCUT2D eigenvalue weighted by atomic mass is 19.2. The lowest BCUT2D eigenvalue weighted by atomic mass is 9.94. The molecule has 0 aromatic heterocycles. The maximum atomic E-state index is 14.9. The third kappa shape index (κ3) is 4.51. The molecule has 0 bridgehead atoms. The Morgan fingerprint density at radius 2 is 1.30 bits per heavy atom. The molecule has 0 saturated carbocycles. The van der Waals surface area contributed by atoms with E-state index in [1.165, 1.54) is 55.6 Å². The lowest BCUT2D eigenvalue weighted by molar-refractivity contribution is -0.159. The maximum absolute atomic E-state index is 14.9. The lowest BCUT2D eigenvalue weighted by Gasteiger charge is -2.28. The van der Waals surface area contributed by atoms with Crippen LogP contribution in [0.15, 0.2) is 60.7 Å².